The first kappa shape index (κ1) is 15.3. The van der Waals surface area contributed by atoms with Gasteiger partial charge >= 0.3 is 5.97 Å². The van der Waals surface area contributed by atoms with Gasteiger partial charge in [-0.15, -0.1) is 0 Å². The number of amides is 1. The van der Waals surface area contributed by atoms with Crippen molar-refractivity contribution in [2.24, 2.45) is 18.9 Å². The topological polar surface area (TPSA) is 84.2 Å². The van der Waals surface area contributed by atoms with Crippen LogP contribution in [0, 0.1) is 18.8 Å². The Morgan fingerprint density at radius 3 is 2.52 bits per heavy atom. The zero-order valence-corrected chi connectivity index (χ0v) is 12.5. The smallest absolute Gasteiger partial charge is 0.307 e. The maximum atomic E-state index is 12.4. The van der Waals surface area contributed by atoms with Crippen molar-refractivity contribution in [3.63, 3.8) is 0 Å². The molecular weight excluding hydrogens is 270 g/mol. The number of aryl methyl sites for hydroxylation is 2. The van der Waals surface area contributed by atoms with Gasteiger partial charge in [0.05, 0.1) is 23.6 Å². The van der Waals surface area contributed by atoms with Gasteiger partial charge in [0.25, 0.3) is 0 Å². The molecule has 1 aromatic heterocycles. The lowest BCUT2D eigenvalue weighted by molar-refractivity contribution is -0.147. The molecule has 1 aliphatic carbocycles. The van der Waals surface area contributed by atoms with Crippen LogP contribution in [0.3, 0.4) is 0 Å². The number of allylic oxidation sites excluding steroid dienone is 2. The van der Waals surface area contributed by atoms with E-state index in [2.05, 4.69) is 10.4 Å². The minimum absolute atomic E-state index is 0.188. The van der Waals surface area contributed by atoms with Crippen LogP contribution in [0.4, 0.5) is 0 Å². The number of aromatic nitrogens is 2. The van der Waals surface area contributed by atoms with Crippen molar-refractivity contribution in [2.75, 3.05) is 0 Å². The Labute approximate surface area is 123 Å². The van der Waals surface area contributed by atoms with Crippen LogP contribution in [0.1, 0.15) is 37.1 Å². The quantitative estimate of drug-likeness (QED) is 0.825. The first-order valence-electron chi connectivity index (χ1n) is 7.08. The van der Waals surface area contributed by atoms with Crippen LogP contribution in [0.2, 0.25) is 0 Å². The Morgan fingerprint density at radius 1 is 1.38 bits per heavy atom. The van der Waals surface area contributed by atoms with E-state index in [0.29, 0.717) is 12.8 Å². The highest BCUT2D eigenvalue weighted by Gasteiger charge is 2.34. The fourth-order valence-electron chi connectivity index (χ4n) is 2.82. The Hall–Kier alpha value is -2.11. The third-order valence-corrected chi connectivity index (χ3v) is 3.96. The van der Waals surface area contributed by atoms with Crippen molar-refractivity contribution >= 4 is 11.9 Å². The predicted octanol–water partition coefficient (Wildman–Crippen LogP) is 1.57. The molecular formula is C15H21N3O3. The highest BCUT2D eigenvalue weighted by molar-refractivity contribution is 5.85. The number of hydrogen-bond acceptors (Lipinski definition) is 3. The molecule has 21 heavy (non-hydrogen) atoms. The summed E-state index contributed by atoms with van der Waals surface area (Å²) in [4.78, 5) is 23.6. The molecule has 6 nitrogen and oxygen atoms in total. The second kappa shape index (κ2) is 6.11. The van der Waals surface area contributed by atoms with Crippen molar-refractivity contribution in [2.45, 2.75) is 32.7 Å². The molecule has 0 aromatic carbocycles. The summed E-state index contributed by atoms with van der Waals surface area (Å²) in [7, 11) is 1.83. The predicted molar refractivity (Wildman–Crippen MR) is 77.5 cm³/mol. The van der Waals surface area contributed by atoms with Crippen LogP contribution >= 0.6 is 0 Å². The monoisotopic (exact) mass is 291 g/mol. The molecule has 1 aliphatic rings. The summed E-state index contributed by atoms with van der Waals surface area (Å²) in [6, 6.07) is -0.188. The summed E-state index contributed by atoms with van der Waals surface area (Å²) >= 11 is 0. The molecule has 0 bridgehead atoms. The average Bonchev–Trinajstić information content (AvgIpc) is 2.77. The van der Waals surface area contributed by atoms with Crippen LogP contribution in [0.5, 0.6) is 0 Å². The highest BCUT2D eigenvalue weighted by atomic mass is 16.4. The zero-order chi connectivity index (χ0) is 15.6. The Morgan fingerprint density at radius 2 is 2.00 bits per heavy atom. The third-order valence-electron chi connectivity index (χ3n) is 3.96. The molecule has 0 saturated heterocycles. The van der Waals surface area contributed by atoms with Gasteiger partial charge in [-0.2, -0.15) is 5.10 Å². The van der Waals surface area contributed by atoms with E-state index in [1.807, 2.05) is 39.2 Å². The normalized spacial score (nSPS) is 22.8. The van der Waals surface area contributed by atoms with Gasteiger partial charge in [-0.05, 0) is 26.7 Å². The molecule has 0 aliphatic heterocycles. The fraction of sp³-hybridized carbons (Fsp3) is 0.533. The number of carboxylic acids is 1. The van der Waals surface area contributed by atoms with Crippen molar-refractivity contribution in [1.29, 1.82) is 0 Å². The lowest BCUT2D eigenvalue weighted by Gasteiger charge is -2.26. The van der Waals surface area contributed by atoms with E-state index in [1.165, 1.54) is 0 Å². The van der Waals surface area contributed by atoms with Crippen LogP contribution in [-0.2, 0) is 16.6 Å². The van der Waals surface area contributed by atoms with Gasteiger partial charge in [0.1, 0.15) is 0 Å². The molecule has 0 spiro atoms. The van der Waals surface area contributed by atoms with Crippen molar-refractivity contribution in [1.82, 2.24) is 15.1 Å². The zero-order valence-electron chi connectivity index (χ0n) is 12.5. The molecule has 6 heteroatoms. The van der Waals surface area contributed by atoms with E-state index in [0.717, 1.165) is 11.3 Å². The summed E-state index contributed by atoms with van der Waals surface area (Å²) in [5.41, 5.74) is 1.81. The number of carbonyl (C=O) groups excluding carboxylic acids is 1. The first-order valence-corrected chi connectivity index (χ1v) is 7.08. The summed E-state index contributed by atoms with van der Waals surface area (Å²) < 4.78 is 1.71. The minimum Gasteiger partial charge on any atom is -0.481 e. The summed E-state index contributed by atoms with van der Waals surface area (Å²) in [5.74, 6) is -2.27. The SMILES string of the molecule is Cc1nn(C)cc1C(C)NC(=O)C1CC=CCC1C(=O)O. The number of aliphatic carboxylic acids is 1. The van der Waals surface area contributed by atoms with E-state index in [1.54, 1.807) is 4.68 Å². The van der Waals surface area contributed by atoms with Gasteiger partial charge in [-0.25, -0.2) is 0 Å². The number of rotatable bonds is 4. The summed E-state index contributed by atoms with van der Waals surface area (Å²) in [6.07, 6.45) is 6.46. The second-order valence-electron chi connectivity index (χ2n) is 5.57. The van der Waals surface area contributed by atoms with Crippen LogP contribution < -0.4 is 5.32 Å². The lowest BCUT2D eigenvalue weighted by atomic mass is 9.82. The molecule has 1 aromatic rings. The van der Waals surface area contributed by atoms with Gasteiger partial charge < -0.3 is 10.4 Å². The Balaban J connectivity index is 2.08. The molecule has 2 rings (SSSR count). The molecule has 0 saturated carbocycles. The second-order valence-corrected chi connectivity index (χ2v) is 5.57. The summed E-state index contributed by atoms with van der Waals surface area (Å²) in [6.45, 7) is 3.78. The van der Waals surface area contributed by atoms with E-state index in [4.69, 9.17) is 0 Å². The number of nitrogens with one attached hydrogen (secondary N) is 1. The average molecular weight is 291 g/mol. The number of nitrogens with zero attached hydrogens (tertiary/aromatic N) is 2. The fourth-order valence-corrected chi connectivity index (χ4v) is 2.82. The first-order chi connectivity index (χ1) is 9.90. The standard InChI is InChI=1S/C15H21N3O3/c1-9(13-8-18(3)17-10(13)2)16-14(19)11-6-4-5-7-12(11)15(20)21/h4-5,8-9,11-12H,6-7H2,1-3H3,(H,16,19)(H,20,21). The maximum absolute atomic E-state index is 12.4. The molecule has 2 N–H and O–H groups in total. The van der Waals surface area contributed by atoms with Gasteiger partial charge in [0, 0.05) is 18.8 Å². The van der Waals surface area contributed by atoms with Crippen LogP contribution in [0.15, 0.2) is 18.3 Å². The van der Waals surface area contributed by atoms with Crippen LogP contribution in [0.25, 0.3) is 0 Å². The van der Waals surface area contributed by atoms with E-state index in [9.17, 15) is 14.7 Å². The largest absolute Gasteiger partial charge is 0.481 e. The molecule has 0 radical (unpaired) electrons. The van der Waals surface area contributed by atoms with Gasteiger partial charge in [0.2, 0.25) is 5.91 Å². The Bertz CT molecular complexity index is 577. The van der Waals surface area contributed by atoms with E-state index < -0.39 is 17.8 Å². The number of carboxylic acid groups (broad SMARTS) is 1. The molecule has 114 valence electrons. The molecule has 0 fully saturated rings. The van der Waals surface area contributed by atoms with Crippen molar-refractivity contribution in [3.05, 3.63) is 29.6 Å². The van der Waals surface area contributed by atoms with Crippen molar-refractivity contribution in [3.8, 4) is 0 Å². The minimum atomic E-state index is -0.912. The Kier molecular flexibility index (Phi) is 4.45. The van der Waals surface area contributed by atoms with Crippen molar-refractivity contribution < 1.29 is 14.7 Å². The highest BCUT2D eigenvalue weighted by Crippen LogP contribution is 2.27. The van der Waals surface area contributed by atoms with Gasteiger partial charge in [-0.1, -0.05) is 12.2 Å². The molecule has 1 amide bonds. The van der Waals surface area contributed by atoms with Gasteiger partial charge in [-0.3, -0.25) is 14.3 Å². The van der Waals surface area contributed by atoms with Gasteiger partial charge in [0.15, 0.2) is 0 Å². The maximum Gasteiger partial charge on any atom is 0.307 e. The third kappa shape index (κ3) is 3.32. The lowest BCUT2D eigenvalue weighted by Crippen LogP contribution is -2.39. The van der Waals surface area contributed by atoms with Crippen LogP contribution in [-0.4, -0.2) is 26.8 Å². The number of hydrogen-bond donors (Lipinski definition) is 2. The molecule has 1 heterocycles. The number of carbonyl (C=O) groups is 2. The van der Waals surface area contributed by atoms with E-state index >= 15 is 0 Å². The summed E-state index contributed by atoms with van der Waals surface area (Å²) in [5, 5.41) is 16.4. The van der Waals surface area contributed by atoms with E-state index in [-0.39, 0.29) is 11.9 Å². The molecule has 3 unspecified atom stereocenters. The molecule has 3 atom stereocenters.